The number of rotatable bonds is 4. The number of nitrogens with zero attached hydrogens (tertiary/aromatic N) is 1. The van der Waals surface area contributed by atoms with Gasteiger partial charge in [-0.25, -0.2) is 0 Å². The Morgan fingerprint density at radius 1 is 1.12 bits per heavy atom. The Labute approximate surface area is 138 Å². The van der Waals surface area contributed by atoms with Gasteiger partial charge in [0.15, 0.2) is 0 Å². The minimum Gasteiger partial charge on any atom is -0.494 e. The lowest BCUT2D eigenvalue weighted by molar-refractivity contribution is -0.145. The van der Waals surface area contributed by atoms with E-state index in [0.717, 1.165) is 5.01 Å². The molecule has 0 aromatic heterocycles. The van der Waals surface area contributed by atoms with Gasteiger partial charge in [-0.2, -0.15) is 5.01 Å². The predicted molar refractivity (Wildman–Crippen MR) is 81.7 cm³/mol. The van der Waals surface area contributed by atoms with E-state index in [-0.39, 0.29) is 12.2 Å². The van der Waals surface area contributed by atoms with Crippen molar-refractivity contribution >= 4 is 17.7 Å². The van der Waals surface area contributed by atoms with Gasteiger partial charge >= 0.3 is 0 Å². The molecule has 4 atom stereocenters. The number of imide groups is 1. The molecule has 1 N–H and O–H groups in total. The monoisotopic (exact) mass is 328 g/mol. The first-order chi connectivity index (χ1) is 11.6. The Morgan fingerprint density at radius 2 is 1.71 bits per heavy atom. The van der Waals surface area contributed by atoms with Crippen LogP contribution in [0.15, 0.2) is 36.4 Å². The number of fused-ring (bicyclic) bond motifs is 5. The van der Waals surface area contributed by atoms with Crippen LogP contribution in [-0.2, 0) is 14.3 Å². The summed E-state index contributed by atoms with van der Waals surface area (Å²) < 4.78 is 10.9. The van der Waals surface area contributed by atoms with Gasteiger partial charge in [0.05, 0.1) is 30.7 Å². The molecule has 7 heteroatoms. The lowest BCUT2D eigenvalue weighted by Gasteiger charge is -2.18. The minimum atomic E-state index is -0.534. The molecular weight excluding hydrogens is 312 g/mol. The molecule has 3 aliphatic rings. The zero-order valence-electron chi connectivity index (χ0n) is 13.0. The molecule has 3 amide bonds. The molecule has 7 nitrogen and oxygen atoms in total. The van der Waals surface area contributed by atoms with Crippen LogP contribution in [0.2, 0.25) is 0 Å². The smallest absolute Gasteiger partial charge is 0.270 e. The summed E-state index contributed by atoms with van der Waals surface area (Å²) >= 11 is 0. The highest BCUT2D eigenvalue weighted by atomic mass is 16.5. The summed E-state index contributed by atoms with van der Waals surface area (Å²) in [5.41, 5.74) is 2.76. The zero-order chi connectivity index (χ0) is 16.8. The number of nitrogens with one attached hydrogen (secondary N) is 1. The van der Waals surface area contributed by atoms with Gasteiger partial charge in [-0.3, -0.25) is 19.8 Å². The van der Waals surface area contributed by atoms with Crippen molar-refractivity contribution < 1.29 is 23.9 Å². The Hall–Kier alpha value is -2.67. The summed E-state index contributed by atoms with van der Waals surface area (Å²) in [6.45, 7) is 2.40. The Morgan fingerprint density at radius 3 is 2.25 bits per heavy atom. The van der Waals surface area contributed by atoms with Gasteiger partial charge in [-0.15, -0.1) is 0 Å². The lowest BCUT2D eigenvalue weighted by atomic mass is 9.85. The van der Waals surface area contributed by atoms with Crippen molar-refractivity contribution in [1.82, 2.24) is 10.4 Å². The quantitative estimate of drug-likeness (QED) is 0.649. The van der Waals surface area contributed by atoms with Gasteiger partial charge in [-0.05, 0) is 31.2 Å². The molecule has 124 valence electrons. The van der Waals surface area contributed by atoms with Crippen molar-refractivity contribution in [3.63, 3.8) is 0 Å². The van der Waals surface area contributed by atoms with Crippen LogP contribution in [0.1, 0.15) is 17.3 Å². The van der Waals surface area contributed by atoms with Crippen molar-refractivity contribution in [2.24, 2.45) is 11.8 Å². The van der Waals surface area contributed by atoms with Crippen molar-refractivity contribution in [2.45, 2.75) is 19.1 Å². The first kappa shape index (κ1) is 14.9. The number of carbonyl (C=O) groups is 3. The SMILES string of the molecule is CCOc1ccc(C(=O)NN2C(=O)[C@@H]3[C@H](C2=O)[C@@H]2C=C[C@@H]3O2)cc1. The van der Waals surface area contributed by atoms with Gasteiger partial charge in [0, 0.05) is 5.56 Å². The standard InChI is InChI=1S/C17H16N2O5/c1-2-23-10-5-3-9(4-6-10)15(20)18-19-16(21)13-11-7-8-12(24-11)14(13)17(19)22/h3-8,11-14H,2H2,1H3,(H,18,20)/t11-,12-,13-,14+/m0/s1. The largest absolute Gasteiger partial charge is 0.494 e. The third-order valence-electron chi connectivity index (χ3n) is 4.55. The topological polar surface area (TPSA) is 84.9 Å². The van der Waals surface area contributed by atoms with E-state index in [9.17, 15) is 14.4 Å². The fourth-order valence-electron chi connectivity index (χ4n) is 3.45. The first-order valence-corrected chi connectivity index (χ1v) is 7.85. The van der Waals surface area contributed by atoms with Crippen LogP contribution in [0, 0.1) is 11.8 Å². The van der Waals surface area contributed by atoms with E-state index in [0.29, 0.717) is 17.9 Å². The Kier molecular flexibility index (Phi) is 3.38. The number of amides is 3. The van der Waals surface area contributed by atoms with Gasteiger partial charge in [0.25, 0.3) is 17.7 Å². The van der Waals surface area contributed by atoms with Crippen LogP contribution in [-0.4, -0.2) is 41.5 Å². The molecule has 0 radical (unpaired) electrons. The molecule has 0 spiro atoms. The maximum absolute atomic E-state index is 12.4. The fraction of sp³-hybridized carbons (Fsp3) is 0.353. The van der Waals surface area contributed by atoms with Gasteiger partial charge < -0.3 is 9.47 Å². The maximum atomic E-state index is 12.4. The van der Waals surface area contributed by atoms with E-state index in [1.54, 1.807) is 36.4 Å². The average Bonchev–Trinajstić information content (AvgIpc) is 3.26. The van der Waals surface area contributed by atoms with Crippen molar-refractivity contribution in [3.8, 4) is 5.75 Å². The van der Waals surface area contributed by atoms with E-state index in [1.807, 2.05) is 6.92 Å². The second-order valence-corrected chi connectivity index (χ2v) is 5.91. The average molecular weight is 328 g/mol. The zero-order valence-corrected chi connectivity index (χ0v) is 13.0. The molecule has 24 heavy (non-hydrogen) atoms. The van der Waals surface area contributed by atoms with E-state index < -0.39 is 29.6 Å². The highest BCUT2D eigenvalue weighted by molar-refractivity contribution is 6.09. The summed E-state index contributed by atoms with van der Waals surface area (Å²) in [4.78, 5) is 37.2. The second-order valence-electron chi connectivity index (χ2n) is 5.91. The molecule has 2 fully saturated rings. The molecule has 1 aromatic carbocycles. The van der Waals surface area contributed by atoms with E-state index in [2.05, 4.69) is 5.43 Å². The third-order valence-corrected chi connectivity index (χ3v) is 4.55. The normalized spacial score (nSPS) is 30.0. The summed E-state index contributed by atoms with van der Waals surface area (Å²) in [6.07, 6.45) is 2.86. The van der Waals surface area contributed by atoms with E-state index in [1.165, 1.54) is 0 Å². The second kappa shape index (κ2) is 5.45. The van der Waals surface area contributed by atoms with Crippen molar-refractivity contribution in [1.29, 1.82) is 0 Å². The number of hydrazine groups is 1. The van der Waals surface area contributed by atoms with Crippen LogP contribution in [0.5, 0.6) is 5.75 Å². The van der Waals surface area contributed by atoms with Gasteiger partial charge in [0.1, 0.15) is 5.75 Å². The Bertz CT molecular complexity index is 712. The molecule has 0 unspecified atom stereocenters. The summed E-state index contributed by atoms with van der Waals surface area (Å²) in [5, 5.41) is 0.837. The number of hydrogen-bond acceptors (Lipinski definition) is 5. The number of carbonyl (C=O) groups excluding carboxylic acids is 3. The fourth-order valence-corrected chi connectivity index (χ4v) is 3.45. The van der Waals surface area contributed by atoms with E-state index in [4.69, 9.17) is 9.47 Å². The molecule has 4 rings (SSSR count). The summed E-state index contributed by atoms with van der Waals surface area (Å²) in [6, 6.07) is 6.50. The maximum Gasteiger partial charge on any atom is 0.270 e. The molecule has 1 aromatic rings. The first-order valence-electron chi connectivity index (χ1n) is 7.85. The molecular formula is C17H16N2O5. The molecule has 3 heterocycles. The van der Waals surface area contributed by atoms with Crippen molar-refractivity contribution in [3.05, 3.63) is 42.0 Å². The molecule has 2 bridgehead atoms. The Balaban J connectivity index is 1.48. The molecule has 0 saturated carbocycles. The molecule has 0 aliphatic carbocycles. The molecule has 3 aliphatic heterocycles. The number of ether oxygens (including phenoxy) is 2. The van der Waals surface area contributed by atoms with Crippen molar-refractivity contribution in [2.75, 3.05) is 6.61 Å². The van der Waals surface area contributed by atoms with Crippen LogP contribution < -0.4 is 10.2 Å². The third kappa shape index (κ3) is 2.12. The minimum absolute atomic E-state index is 0.341. The summed E-state index contributed by atoms with van der Waals surface area (Å²) in [5.74, 6) is -1.76. The van der Waals surface area contributed by atoms with Crippen LogP contribution in [0.4, 0.5) is 0 Å². The number of hydrogen-bond donors (Lipinski definition) is 1. The predicted octanol–water partition coefficient (Wildman–Crippen LogP) is 0.668. The highest BCUT2D eigenvalue weighted by Gasteiger charge is 2.61. The highest BCUT2D eigenvalue weighted by Crippen LogP contribution is 2.44. The lowest BCUT2D eigenvalue weighted by Crippen LogP contribution is -2.47. The van der Waals surface area contributed by atoms with Gasteiger partial charge in [-0.1, -0.05) is 12.2 Å². The number of benzene rings is 1. The molecule has 2 saturated heterocycles. The van der Waals surface area contributed by atoms with Crippen LogP contribution >= 0.6 is 0 Å². The van der Waals surface area contributed by atoms with Crippen LogP contribution in [0.3, 0.4) is 0 Å². The van der Waals surface area contributed by atoms with E-state index >= 15 is 0 Å². The summed E-state index contributed by atoms with van der Waals surface area (Å²) in [7, 11) is 0. The van der Waals surface area contributed by atoms with Gasteiger partial charge in [0.2, 0.25) is 0 Å². The van der Waals surface area contributed by atoms with Crippen LogP contribution in [0.25, 0.3) is 0 Å².